The second-order valence-corrected chi connectivity index (χ2v) is 9.55. The van der Waals surface area contributed by atoms with Crippen molar-refractivity contribution in [1.82, 2.24) is 8.87 Å². The van der Waals surface area contributed by atoms with Gasteiger partial charge >= 0.3 is 0 Å². The molecule has 1 fully saturated rings. The number of nitrogens with zero attached hydrogens (tertiary/aromatic N) is 2. The van der Waals surface area contributed by atoms with Crippen molar-refractivity contribution in [2.24, 2.45) is 13.0 Å². The first kappa shape index (κ1) is 19.9. The first-order valence-electron chi connectivity index (χ1n) is 8.92. The molecule has 1 aliphatic rings. The molecule has 2 aromatic rings. The maximum atomic E-state index is 12.9. The Hall–Kier alpha value is -1.83. The van der Waals surface area contributed by atoms with Crippen LogP contribution in [0, 0.1) is 12.8 Å². The van der Waals surface area contributed by atoms with E-state index in [1.807, 2.05) is 13.0 Å². The number of carbonyl (C=O) groups excluding carboxylic acids is 1. The number of nitrogens with one attached hydrogen (secondary N) is 1. The smallest absolute Gasteiger partial charge is 0.272 e. The molecule has 27 heavy (non-hydrogen) atoms. The van der Waals surface area contributed by atoms with Crippen LogP contribution in [0.4, 0.5) is 5.69 Å². The van der Waals surface area contributed by atoms with Crippen LogP contribution in [0.15, 0.2) is 35.4 Å². The molecule has 2 heterocycles. The molecule has 0 bridgehead atoms. The van der Waals surface area contributed by atoms with Crippen LogP contribution in [0.3, 0.4) is 0 Å². The highest BCUT2D eigenvalue weighted by Gasteiger charge is 2.30. The number of amides is 1. The molecule has 0 radical (unpaired) electrons. The summed E-state index contributed by atoms with van der Waals surface area (Å²) in [6.45, 7) is 5.03. The molecular weight excluding hydrogens is 386 g/mol. The van der Waals surface area contributed by atoms with E-state index in [9.17, 15) is 13.2 Å². The van der Waals surface area contributed by atoms with E-state index in [4.69, 9.17) is 11.6 Å². The predicted octanol–water partition coefficient (Wildman–Crippen LogP) is 3.66. The lowest BCUT2D eigenvalue weighted by Gasteiger charge is -2.29. The Kier molecular flexibility index (Phi) is 5.65. The molecule has 1 N–H and O–H groups in total. The Morgan fingerprint density at radius 1 is 1.22 bits per heavy atom. The largest absolute Gasteiger partial charge is 0.345 e. The van der Waals surface area contributed by atoms with E-state index in [1.54, 1.807) is 19.2 Å². The van der Waals surface area contributed by atoms with E-state index < -0.39 is 10.0 Å². The van der Waals surface area contributed by atoms with Crippen LogP contribution in [0.1, 0.15) is 35.8 Å². The number of hydrogen-bond acceptors (Lipinski definition) is 3. The number of rotatable bonds is 4. The van der Waals surface area contributed by atoms with Crippen molar-refractivity contribution < 1.29 is 13.2 Å². The van der Waals surface area contributed by atoms with Crippen LogP contribution in [0.2, 0.25) is 5.02 Å². The van der Waals surface area contributed by atoms with Gasteiger partial charge in [-0.1, -0.05) is 24.6 Å². The highest BCUT2D eigenvalue weighted by molar-refractivity contribution is 7.89. The van der Waals surface area contributed by atoms with Crippen molar-refractivity contribution in [1.29, 1.82) is 0 Å². The Morgan fingerprint density at radius 3 is 2.56 bits per heavy atom. The summed E-state index contributed by atoms with van der Waals surface area (Å²) < 4.78 is 28.8. The average molecular weight is 410 g/mol. The Balaban J connectivity index is 1.83. The van der Waals surface area contributed by atoms with Gasteiger partial charge in [0.05, 0.1) is 0 Å². The van der Waals surface area contributed by atoms with E-state index >= 15 is 0 Å². The number of sulfonamides is 1. The van der Waals surface area contributed by atoms with Crippen molar-refractivity contribution >= 4 is 33.2 Å². The lowest BCUT2D eigenvalue weighted by molar-refractivity contribution is 0.101. The highest BCUT2D eigenvalue weighted by atomic mass is 35.5. The summed E-state index contributed by atoms with van der Waals surface area (Å²) in [6, 6.07) is 6.67. The van der Waals surface area contributed by atoms with Gasteiger partial charge < -0.3 is 9.88 Å². The van der Waals surface area contributed by atoms with Crippen LogP contribution < -0.4 is 5.32 Å². The van der Waals surface area contributed by atoms with Crippen molar-refractivity contribution in [3.05, 3.63) is 46.7 Å². The Bertz CT molecular complexity index is 961. The fourth-order valence-electron chi connectivity index (χ4n) is 3.19. The van der Waals surface area contributed by atoms with E-state index in [2.05, 4.69) is 12.2 Å². The van der Waals surface area contributed by atoms with Gasteiger partial charge in [0.1, 0.15) is 10.6 Å². The third-order valence-corrected chi connectivity index (χ3v) is 7.14. The Morgan fingerprint density at radius 2 is 1.89 bits per heavy atom. The number of piperidine rings is 1. The molecule has 146 valence electrons. The van der Waals surface area contributed by atoms with Gasteiger partial charge in [0.15, 0.2) is 0 Å². The van der Waals surface area contributed by atoms with Gasteiger partial charge in [0.2, 0.25) is 10.0 Å². The highest BCUT2D eigenvalue weighted by Crippen LogP contribution is 2.25. The monoisotopic (exact) mass is 409 g/mol. The molecule has 3 rings (SSSR count). The SMILES string of the molecule is Cc1ccc(Cl)cc1NC(=O)c1cc(S(=O)(=O)N2CCC(C)CC2)cn1C. The quantitative estimate of drug-likeness (QED) is 0.837. The standard InChI is InChI=1S/C19H24ClN3O3S/c1-13-6-8-23(9-7-13)27(25,26)16-11-18(22(3)12-16)19(24)21-17-10-15(20)5-4-14(17)2/h4-5,10-13H,6-9H2,1-3H3,(H,21,24). The van der Waals surface area contributed by atoms with Crippen molar-refractivity contribution in [3.8, 4) is 0 Å². The van der Waals surface area contributed by atoms with Crippen LogP contribution in [0.5, 0.6) is 0 Å². The third kappa shape index (κ3) is 4.20. The van der Waals surface area contributed by atoms with Crippen molar-refractivity contribution in [3.63, 3.8) is 0 Å². The zero-order chi connectivity index (χ0) is 19.8. The first-order valence-corrected chi connectivity index (χ1v) is 10.7. The van der Waals surface area contributed by atoms with E-state index in [0.29, 0.717) is 29.7 Å². The number of aryl methyl sites for hydroxylation is 2. The second-order valence-electron chi connectivity index (χ2n) is 7.17. The summed E-state index contributed by atoms with van der Waals surface area (Å²) >= 11 is 6.00. The molecule has 1 aromatic carbocycles. The van der Waals surface area contributed by atoms with Gasteiger partial charge in [-0.25, -0.2) is 8.42 Å². The maximum absolute atomic E-state index is 12.9. The maximum Gasteiger partial charge on any atom is 0.272 e. The van der Waals surface area contributed by atoms with E-state index in [1.165, 1.54) is 21.1 Å². The zero-order valence-electron chi connectivity index (χ0n) is 15.7. The van der Waals surface area contributed by atoms with Crippen LogP contribution in [-0.2, 0) is 17.1 Å². The molecule has 6 nitrogen and oxygen atoms in total. The molecule has 1 amide bonds. The third-order valence-electron chi connectivity index (χ3n) is 5.04. The molecule has 0 saturated carbocycles. The number of hydrogen-bond donors (Lipinski definition) is 1. The summed E-state index contributed by atoms with van der Waals surface area (Å²) in [5.74, 6) is 0.158. The summed E-state index contributed by atoms with van der Waals surface area (Å²) in [6.07, 6.45) is 3.20. The average Bonchev–Trinajstić information content (AvgIpc) is 3.01. The van der Waals surface area contributed by atoms with Gasteiger partial charge in [-0.3, -0.25) is 4.79 Å². The summed E-state index contributed by atoms with van der Waals surface area (Å²) in [4.78, 5) is 12.8. The molecular formula is C19H24ClN3O3S. The minimum Gasteiger partial charge on any atom is -0.345 e. The normalized spacial score (nSPS) is 16.4. The summed E-state index contributed by atoms with van der Waals surface area (Å²) in [7, 11) is -1.93. The number of carbonyl (C=O) groups is 1. The van der Waals surface area contributed by atoms with Crippen LogP contribution in [0.25, 0.3) is 0 Å². The van der Waals surface area contributed by atoms with Gasteiger partial charge in [0.25, 0.3) is 5.91 Å². The summed E-state index contributed by atoms with van der Waals surface area (Å²) in [5.41, 5.74) is 1.75. The van der Waals surface area contributed by atoms with Gasteiger partial charge in [0, 0.05) is 37.0 Å². The number of benzene rings is 1. The molecule has 0 spiro atoms. The molecule has 0 unspecified atom stereocenters. The molecule has 1 saturated heterocycles. The van der Waals surface area contributed by atoms with E-state index in [-0.39, 0.29) is 16.5 Å². The van der Waals surface area contributed by atoms with Crippen LogP contribution in [-0.4, -0.2) is 36.3 Å². The van der Waals surface area contributed by atoms with Gasteiger partial charge in [-0.2, -0.15) is 4.31 Å². The zero-order valence-corrected chi connectivity index (χ0v) is 17.3. The van der Waals surface area contributed by atoms with Crippen molar-refractivity contribution in [2.45, 2.75) is 31.6 Å². The molecule has 1 aliphatic heterocycles. The van der Waals surface area contributed by atoms with Crippen molar-refractivity contribution in [2.75, 3.05) is 18.4 Å². The molecule has 1 aromatic heterocycles. The minimum absolute atomic E-state index is 0.146. The van der Waals surface area contributed by atoms with E-state index in [0.717, 1.165) is 18.4 Å². The van der Waals surface area contributed by atoms with Gasteiger partial charge in [-0.15, -0.1) is 0 Å². The lowest BCUT2D eigenvalue weighted by Crippen LogP contribution is -2.37. The Labute approximate surface area is 165 Å². The summed E-state index contributed by atoms with van der Waals surface area (Å²) in [5, 5.41) is 3.32. The molecule has 0 atom stereocenters. The fraction of sp³-hybridized carbons (Fsp3) is 0.421. The molecule has 0 aliphatic carbocycles. The lowest BCUT2D eigenvalue weighted by atomic mass is 10.0. The minimum atomic E-state index is -3.60. The number of aromatic nitrogens is 1. The topological polar surface area (TPSA) is 71.4 Å². The predicted molar refractivity (Wildman–Crippen MR) is 107 cm³/mol. The fourth-order valence-corrected chi connectivity index (χ4v) is 4.90. The number of halogens is 1. The molecule has 8 heteroatoms. The second kappa shape index (κ2) is 7.66. The van der Waals surface area contributed by atoms with Gasteiger partial charge in [-0.05, 0) is 49.4 Å². The first-order chi connectivity index (χ1) is 12.7. The van der Waals surface area contributed by atoms with Crippen LogP contribution >= 0.6 is 11.6 Å². The number of anilines is 1.